The number of carbonyl (C=O) groups is 1. The standard InChI is InChI=1S/C48H53ClN10O4S/c1-48(2)17-13-33(40(28-48)31-3-5-34(49)6-4-31)30-56-21-23-58(24-22-56)37-9-11-39(44(26-37)59-45-25-32-14-18-50-46(32)53-43(45)29-51-59)47(60)55-64(62,63)38-10-12-41(42(27-38)54-61)52-35-15-19-57(20-16-35)36-7-8-36/h3-6,9-12,14,18,25-27,29,35-36,52H,7-8,13,15-17,19-24,28,30H2,1-2H3,(H,50,53)(H,55,60). The number of piperidine rings is 1. The molecule has 3 fully saturated rings. The highest BCUT2D eigenvalue weighted by Crippen LogP contribution is 2.43. The van der Waals surface area contributed by atoms with Crippen molar-refractivity contribution in [2.75, 3.05) is 56.0 Å². The number of piperazine rings is 1. The number of likely N-dealkylation sites (tertiary alicyclic amines) is 1. The van der Waals surface area contributed by atoms with Crippen molar-refractivity contribution in [1.29, 1.82) is 0 Å². The number of sulfonamides is 1. The van der Waals surface area contributed by atoms with Gasteiger partial charge < -0.3 is 20.1 Å². The van der Waals surface area contributed by atoms with E-state index in [0.29, 0.717) is 34.1 Å². The molecule has 10 rings (SSSR count). The average Bonchev–Trinajstić information content (AvgIpc) is 3.91. The minimum atomic E-state index is -4.43. The molecule has 6 aromatic rings. The van der Waals surface area contributed by atoms with Crippen molar-refractivity contribution in [3.05, 3.63) is 112 Å². The van der Waals surface area contributed by atoms with Gasteiger partial charge in [-0.1, -0.05) is 43.2 Å². The molecule has 1 saturated carbocycles. The summed E-state index contributed by atoms with van der Waals surface area (Å²) in [5.74, 6) is -0.837. The van der Waals surface area contributed by atoms with Crippen LogP contribution in [0.3, 0.4) is 0 Å². The first kappa shape index (κ1) is 42.3. The van der Waals surface area contributed by atoms with Crippen LogP contribution in [-0.4, -0.2) is 102 Å². The summed E-state index contributed by atoms with van der Waals surface area (Å²) in [6.45, 7) is 10.8. The molecule has 0 spiro atoms. The van der Waals surface area contributed by atoms with E-state index in [-0.39, 0.29) is 27.6 Å². The predicted molar refractivity (Wildman–Crippen MR) is 253 cm³/mol. The molecule has 64 heavy (non-hydrogen) atoms. The molecule has 4 aliphatic rings. The highest BCUT2D eigenvalue weighted by molar-refractivity contribution is 7.90. The number of rotatable bonds is 12. The third kappa shape index (κ3) is 8.78. The molecule has 3 aromatic carbocycles. The summed E-state index contributed by atoms with van der Waals surface area (Å²) in [5.41, 5.74) is 8.23. The SMILES string of the molecule is CC1(C)CCC(CN2CCN(c3ccc(C(=O)NS(=O)(=O)c4ccc(NC5CCN(C6CC6)CC5)c(N=O)c4)c(-n4ncc5nc6[nH]ccc6cc54)c3)CC2)=C(c2ccc(Cl)cc2)C1. The predicted octanol–water partition coefficient (Wildman–Crippen LogP) is 8.90. The Morgan fingerprint density at radius 3 is 2.47 bits per heavy atom. The maximum absolute atomic E-state index is 14.2. The number of aromatic amines is 1. The summed E-state index contributed by atoms with van der Waals surface area (Å²) in [6, 6.07) is 22.5. The van der Waals surface area contributed by atoms with Gasteiger partial charge in [0.25, 0.3) is 15.9 Å². The van der Waals surface area contributed by atoms with Crippen molar-refractivity contribution < 1.29 is 13.2 Å². The number of nitrogens with zero attached hydrogens (tertiary/aromatic N) is 7. The Balaban J connectivity index is 0.894. The maximum Gasteiger partial charge on any atom is 0.267 e. The Labute approximate surface area is 378 Å². The van der Waals surface area contributed by atoms with E-state index < -0.39 is 15.9 Å². The number of benzene rings is 3. The zero-order valence-corrected chi connectivity index (χ0v) is 37.8. The van der Waals surface area contributed by atoms with Gasteiger partial charge in [0, 0.05) is 80.2 Å². The number of nitrogens with one attached hydrogen (secondary N) is 3. The zero-order chi connectivity index (χ0) is 44.2. The van der Waals surface area contributed by atoms with Crippen LogP contribution in [0, 0.1) is 10.3 Å². The van der Waals surface area contributed by atoms with Crippen LogP contribution < -0.4 is 14.9 Å². The number of pyridine rings is 1. The van der Waals surface area contributed by atoms with Gasteiger partial charge in [-0.15, -0.1) is 4.91 Å². The van der Waals surface area contributed by atoms with Crippen LogP contribution >= 0.6 is 11.6 Å². The number of carbonyl (C=O) groups excluding carboxylic acids is 1. The molecule has 2 aliphatic heterocycles. The lowest BCUT2D eigenvalue weighted by Crippen LogP contribution is -2.47. The number of nitroso groups, excluding NO2 is 1. The van der Waals surface area contributed by atoms with Crippen LogP contribution in [0.15, 0.2) is 101 Å². The van der Waals surface area contributed by atoms with Crippen molar-refractivity contribution in [3.8, 4) is 5.69 Å². The summed E-state index contributed by atoms with van der Waals surface area (Å²) < 4.78 is 31.7. The third-order valence-electron chi connectivity index (χ3n) is 13.6. The number of hydrogen-bond donors (Lipinski definition) is 3. The fourth-order valence-electron chi connectivity index (χ4n) is 9.78. The normalized spacial score (nSPS) is 19.1. The second-order valence-electron chi connectivity index (χ2n) is 18.6. The highest BCUT2D eigenvalue weighted by Gasteiger charge is 2.33. The fourth-order valence-corrected chi connectivity index (χ4v) is 10.9. The van der Waals surface area contributed by atoms with Gasteiger partial charge in [0.05, 0.1) is 33.5 Å². The highest BCUT2D eigenvalue weighted by atomic mass is 35.5. The van der Waals surface area contributed by atoms with E-state index in [1.54, 1.807) is 23.0 Å². The number of H-pyrrole nitrogens is 1. The number of hydrogen-bond acceptors (Lipinski definition) is 11. The van der Waals surface area contributed by atoms with Crippen molar-refractivity contribution in [2.45, 2.75) is 75.8 Å². The Bertz CT molecular complexity index is 2890. The summed E-state index contributed by atoms with van der Waals surface area (Å²) in [5, 5.41) is 12.9. The van der Waals surface area contributed by atoms with E-state index in [0.717, 1.165) is 94.0 Å². The topological polar surface area (TPSA) is 161 Å². The van der Waals surface area contributed by atoms with E-state index in [1.165, 1.54) is 41.7 Å². The number of aromatic nitrogens is 4. The van der Waals surface area contributed by atoms with Gasteiger partial charge in [0.2, 0.25) is 0 Å². The first-order valence-corrected chi connectivity index (χ1v) is 24.2. The number of allylic oxidation sites excluding steroid dienone is 1. The van der Waals surface area contributed by atoms with Crippen LogP contribution in [0.5, 0.6) is 0 Å². The molecule has 3 N–H and O–H groups in total. The minimum absolute atomic E-state index is 0.0296. The molecule has 16 heteroatoms. The Kier molecular flexibility index (Phi) is 11.3. The van der Waals surface area contributed by atoms with Gasteiger partial charge in [-0.3, -0.25) is 9.69 Å². The molecule has 0 atom stereocenters. The lowest BCUT2D eigenvalue weighted by molar-refractivity contribution is 0.0981. The molecule has 0 unspecified atom stereocenters. The smallest absolute Gasteiger partial charge is 0.267 e. The number of fused-ring (bicyclic) bond motifs is 2. The lowest BCUT2D eigenvalue weighted by Gasteiger charge is -2.39. The van der Waals surface area contributed by atoms with Gasteiger partial charge in [0.1, 0.15) is 16.9 Å². The van der Waals surface area contributed by atoms with Crippen LogP contribution in [0.4, 0.5) is 17.1 Å². The third-order valence-corrected chi connectivity index (χ3v) is 15.2. The fraction of sp³-hybridized carbons (Fsp3) is 0.396. The van der Waals surface area contributed by atoms with E-state index >= 15 is 0 Å². The summed E-state index contributed by atoms with van der Waals surface area (Å²) in [6.07, 6.45) is 11.1. The summed E-state index contributed by atoms with van der Waals surface area (Å²) >= 11 is 6.27. The van der Waals surface area contributed by atoms with Gasteiger partial charge in [-0.05, 0) is 127 Å². The molecule has 0 radical (unpaired) electrons. The van der Waals surface area contributed by atoms with Crippen molar-refractivity contribution in [3.63, 3.8) is 0 Å². The quantitative estimate of drug-likeness (QED) is 0.101. The van der Waals surface area contributed by atoms with E-state index in [2.05, 4.69) is 66.0 Å². The van der Waals surface area contributed by atoms with Crippen LogP contribution in [0.25, 0.3) is 33.3 Å². The molecule has 2 aliphatic carbocycles. The maximum atomic E-state index is 14.2. The molecule has 1 amide bonds. The first-order chi connectivity index (χ1) is 30.9. The van der Waals surface area contributed by atoms with Gasteiger partial charge in [0.15, 0.2) is 0 Å². The Hall–Kier alpha value is -5.61. The summed E-state index contributed by atoms with van der Waals surface area (Å²) in [4.78, 5) is 41.3. The van der Waals surface area contributed by atoms with Crippen molar-refractivity contribution in [2.24, 2.45) is 10.6 Å². The Morgan fingerprint density at radius 2 is 1.72 bits per heavy atom. The minimum Gasteiger partial charge on any atom is -0.380 e. The largest absolute Gasteiger partial charge is 0.380 e. The van der Waals surface area contributed by atoms with E-state index in [9.17, 15) is 18.1 Å². The molecular weight excluding hydrogens is 848 g/mol. The molecule has 332 valence electrons. The average molecular weight is 902 g/mol. The second kappa shape index (κ2) is 17.1. The molecule has 14 nitrogen and oxygen atoms in total. The summed E-state index contributed by atoms with van der Waals surface area (Å²) in [7, 11) is -4.43. The monoisotopic (exact) mass is 900 g/mol. The van der Waals surface area contributed by atoms with E-state index in [1.807, 2.05) is 42.6 Å². The van der Waals surface area contributed by atoms with Crippen molar-refractivity contribution in [1.82, 2.24) is 34.3 Å². The molecule has 3 aromatic heterocycles. The van der Waals surface area contributed by atoms with E-state index in [4.69, 9.17) is 16.6 Å². The number of anilines is 2. The van der Waals surface area contributed by atoms with Gasteiger partial charge in [-0.2, -0.15) is 5.10 Å². The number of halogens is 1. The van der Waals surface area contributed by atoms with Gasteiger partial charge in [-0.25, -0.2) is 22.8 Å². The zero-order valence-electron chi connectivity index (χ0n) is 36.2. The Morgan fingerprint density at radius 1 is 0.938 bits per heavy atom. The molecular formula is C48H53ClN10O4S. The van der Waals surface area contributed by atoms with Crippen LogP contribution in [0.1, 0.15) is 74.7 Å². The second-order valence-corrected chi connectivity index (χ2v) is 20.8. The molecule has 0 bridgehead atoms. The van der Waals surface area contributed by atoms with Crippen molar-refractivity contribution >= 4 is 72.2 Å². The first-order valence-electron chi connectivity index (χ1n) is 22.4. The van der Waals surface area contributed by atoms with Crippen LogP contribution in [-0.2, 0) is 10.0 Å². The lowest BCUT2D eigenvalue weighted by atomic mass is 9.72. The number of amides is 1. The molecule has 2 saturated heterocycles. The van der Waals surface area contributed by atoms with Crippen LogP contribution in [0.2, 0.25) is 5.02 Å². The van der Waals surface area contributed by atoms with Gasteiger partial charge >= 0.3 is 0 Å². The molecule has 5 heterocycles.